The van der Waals surface area contributed by atoms with Crippen LogP contribution < -0.4 is 0 Å². The topological polar surface area (TPSA) is 33.1 Å². The third-order valence-corrected chi connectivity index (χ3v) is 2.24. The number of nitrogens with zero attached hydrogens (tertiary/aromatic N) is 1. The second kappa shape index (κ2) is 3.46. The Morgan fingerprint density at radius 1 is 1.50 bits per heavy atom. The first-order valence-corrected chi connectivity index (χ1v) is 3.93. The first-order valence-electron chi connectivity index (χ1n) is 2.85. The van der Waals surface area contributed by atoms with E-state index in [1.165, 1.54) is 22.6 Å². The zero-order valence-corrected chi connectivity index (χ0v) is 7.72. The van der Waals surface area contributed by atoms with Crippen molar-refractivity contribution in [2.24, 2.45) is 0 Å². The lowest BCUT2D eigenvalue weighted by Crippen LogP contribution is -1.96. The first kappa shape index (κ1) is 9.56. The molecule has 0 bridgehead atoms. The van der Waals surface area contributed by atoms with E-state index in [0.29, 0.717) is 6.20 Å². The molecule has 0 saturated heterocycles. The van der Waals surface area contributed by atoms with E-state index in [9.17, 15) is 13.2 Å². The second-order valence-corrected chi connectivity index (χ2v) is 3.04. The highest BCUT2D eigenvalue weighted by molar-refractivity contribution is 14.1. The summed E-state index contributed by atoms with van der Waals surface area (Å²) in [4.78, 5) is 3.06. The van der Waals surface area contributed by atoms with Crippen molar-refractivity contribution in [1.29, 1.82) is 0 Å². The Morgan fingerprint density at radius 3 is 2.50 bits per heavy atom. The molecular weight excluding hydrogens is 286 g/mol. The Balaban J connectivity index is 3.33. The zero-order chi connectivity index (χ0) is 9.30. The van der Waals surface area contributed by atoms with Crippen molar-refractivity contribution >= 4 is 22.6 Å². The minimum absolute atomic E-state index is 0.345. The molecule has 0 aliphatic heterocycles. The summed E-state index contributed by atoms with van der Waals surface area (Å²) in [5, 5.41) is 8.87. The molecule has 0 spiro atoms. The van der Waals surface area contributed by atoms with E-state index < -0.39 is 23.7 Å². The van der Waals surface area contributed by atoms with Gasteiger partial charge in [-0.3, -0.25) is 0 Å². The maximum absolute atomic E-state index is 12.6. The first-order chi connectivity index (χ1) is 5.54. The highest BCUT2D eigenvalue weighted by atomic mass is 127. The lowest BCUT2D eigenvalue weighted by atomic mass is 10.2. The van der Waals surface area contributed by atoms with Crippen LogP contribution in [0.4, 0.5) is 13.2 Å². The monoisotopic (exact) mass is 289 g/mol. The van der Waals surface area contributed by atoms with Crippen molar-refractivity contribution in [1.82, 2.24) is 4.98 Å². The summed E-state index contributed by atoms with van der Waals surface area (Å²) >= 11 is 1.37. The summed E-state index contributed by atoms with van der Waals surface area (Å²) in [5.74, 6) is -1.68. The van der Waals surface area contributed by atoms with E-state index in [4.69, 9.17) is 5.11 Å². The predicted octanol–water partition coefficient (Wildman–Crippen LogP) is 2.47. The number of hydrogen-bond donors (Lipinski definition) is 1. The highest BCUT2D eigenvalue weighted by Crippen LogP contribution is 2.32. The molecule has 6 heteroatoms. The van der Waals surface area contributed by atoms with Gasteiger partial charge in [0, 0.05) is 0 Å². The molecule has 1 rings (SSSR count). The van der Waals surface area contributed by atoms with Crippen LogP contribution >= 0.6 is 22.6 Å². The molecule has 0 saturated carbocycles. The van der Waals surface area contributed by atoms with Crippen LogP contribution in [0.25, 0.3) is 0 Å². The lowest BCUT2D eigenvalue weighted by molar-refractivity contribution is 0.145. The Labute approximate surface area is 79.6 Å². The van der Waals surface area contributed by atoms with Crippen LogP contribution in [0.15, 0.2) is 6.20 Å². The van der Waals surface area contributed by atoms with Gasteiger partial charge >= 0.3 is 0 Å². The SMILES string of the molecule is Oc1cnc(F)c(I)c1C(F)F. The van der Waals surface area contributed by atoms with Crippen molar-refractivity contribution < 1.29 is 18.3 Å². The number of aromatic hydroxyl groups is 1. The smallest absolute Gasteiger partial charge is 0.268 e. The van der Waals surface area contributed by atoms with Gasteiger partial charge in [0.25, 0.3) is 6.43 Å². The summed E-state index contributed by atoms with van der Waals surface area (Å²) in [6, 6.07) is 0. The quantitative estimate of drug-likeness (QED) is 0.636. The fraction of sp³-hybridized carbons (Fsp3) is 0.167. The van der Waals surface area contributed by atoms with E-state index in [2.05, 4.69) is 4.98 Å². The van der Waals surface area contributed by atoms with Gasteiger partial charge < -0.3 is 5.11 Å². The van der Waals surface area contributed by atoms with Crippen LogP contribution in [-0.4, -0.2) is 10.1 Å². The second-order valence-electron chi connectivity index (χ2n) is 1.96. The molecule has 1 heterocycles. The Bertz CT molecular complexity index is 305. The minimum Gasteiger partial charge on any atom is -0.506 e. The zero-order valence-electron chi connectivity index (χ0n) is 5.56. The molecule has 0 aliphatic carbocycles. The molecule has 66 valence electrons. The molecule has 1 aromatic heterocycles. The van der Waals surface area contributed by atoms with E-state index >= 15 is 0 Å². The van der Waals surface area contributed by atoms with Crippen LogP contribution in [0.5, 0.6) is 5.75 Å². The third kappa shape index (κ3) is 1.62. The summed E-state index contributed by atoms with van der Waals surface area (Å²) in [6.45, 7) is 0. The number of pyridine rings is 1. The average molecular weight is 289 g/mol. The Hall–Kier alpha value is -0.530. The number of hydrogen-bond acceptors (Lipinski definition) is 2. The summed E-state index contributed by atoms with van der Waals surface area (Å²) in [5.41, 5.74) is -0.705. The maximum atomic E-state index is 12.6. The van der Waals surface area contributed by atoms with Crippen molar-refractivity contribution in [3.63, 3.8) is 0 Å². The molecule has 0 radical (unpaired) electrons. The van der Waals surface area contributed by atoms with E-state index in [1.807, 2.05) is 0 Å². The standard InChI is InChI=1S/C6H3F3INO/c7-5(8)3-2(12)1-11-6(9)4(3)10/h1,5,12H. The van der Waals surface area contributed by atoms with E-state index in [0.717, 1.165) is 0 Å². The van der Waals surface area contributed by atoms with Gasteiger partial charge in [0.05, 0.1) is 15.3 Å². The fourth-order valence-electron chi connectivity index (χ4n) is 0.675. The van der Waals surface area contributed by atoms with Gasteiger partial charge in [-0.2, -0.15) is 4.39 Å². The summed E-state index contributed by atoms with van der Waals surface area (Å²) in [7, 11) is 0. The van der Waals surface area contributed by atoms with Crippen molar-refractivity contribution in [3.05, 3.63) is 21.3 Å². The van der Waals surface area contributed by atoms with E-state index in [-0.39, 0.29) is 3.57 Å². The van der Waals surface area contributed by atoms with Crippen molar-refractivity contribution in [3.8, 4) is 5.75 Å². The number of aromatic nitrogens is 1. The molecular formula is C6H3F3INO. The van der Waals surface area contributed by atoms with Crippen LogP contribution in [0.3, 0.4) is 0 Å². The van der Waals surface area contributed by atoms with Crippen LogP contribution in [0.2, 0.25) is 0 Å². The Morgan fingerprint density at radius 2 is 2.08 bits per heavy atom. The van der Waals surface area contributed by atoms with Crippen LogP contribution in [-0.2, 0) is 0 Å². The molecule has 0 fully saturated rings. The van der Waals surface area contributed by atoms with Gasteiger partial charge in [0.1, 0.15) is 5.75 Å². The van der Waals surface area contributed by atoms with Crippen LogP contribution in [0, 0.1) is 9.52 Å². The largest absolute Gasteiger partial charge is 0.506 e. The number of halogens is 4. The molecule has 1 N–H and O–H groups in total. The third-order valence-electron chi connectivity index (χ3n) is 1.21. The van der Waals surface area contributed by atoms with Crippen molar-refractivity contribution in [2.45, 2.75) is 6.43 Å². The predicted molar refractivity (Wildman–Crippen MR) is 43.5 cm³/mol. The fourth-order valence-corrected chi connectivity index (χ4v) is 1.33. The summed E-state index contributed by atoms with van der Waals surface area (Å²) in [6.07, 6.45) is -2.23. The molecule has 1 aromatic rings. The lowest BCUT2D eigenvalue weighted by Gasteiger charge is -2.04. The molecule has 0 aromatic carbocycles. The molecule has 0 aliphatic rings. The minimum atomic E-state index is -2.89. The van der Waals surface area contributed by atoms with Crippen molar-refractivity contribution in [2.75, 3.05) is 0 Å². The number of rotatable bonds is 1. The van der Waals surface area contributed by atoms with Gasteiger partial charge in [0.2, 0.25) is 5.95 Å². The average Bonchev–Trinajstić information content (AvgIpc) is 1.97. The molecule has 0 unspecified atom stereocenters. The molecule has 0 atom stereocenters. The number of alkyl halides is 2. The highest BCUT2D eigenvalue weighted by Gasteiger charge is 2.20. The normalized spacial score (nSPS) is 10.8. The van der Waals surface area contributed by atoms with Gasteiger partial charge in [-0.25, -0.2) is 13.8 Å². The summed E-state index contributed by atoms with van der Waals surface area (Å²) < 4.78 is 36.4. The van der Waals surface area contributed by atoms with Gasteiger partial charge in [0.15, 0.2) is 0 Å². The molecule has 12 heavy (non-hydrogen) atoms. The maximum Gasteiger partial charge on any atom is 0.268 e. The van der Waals surface area contributed by atoms with Gasteiger partial charge in [-0.1, -0.05) is 0 Å². The van der Waals surface area contributed by atoms with Crippen LogP contribution in [0.1, 0.15) is 12.0 Å². The molecule has 2 nitrogen and oxygen atoms in total. The van der Waals surface area contributed by atoms with Gasteiger partial charge in [-0.05, 0) is 22.6 Å². The molecule has 0 amide bonds. The Kier molecular flexibility index (Phi) is 2.76. The van der Waals surface area contributed by atoms with E-state index in [1.54, 1.807) is 0 Å². The van der Waals surface area contributed by atoms with Gasteiger partial charge in [-0.15, -0.1) is 0 Å².